The van der Waals surface area contributed by atoms with E-state index in [4.69, 9.17) is 0 Å². The summed E-state index contributed by atoms with van der Waals surface area (Å²) in [5.74, 6) is 2.10. The quantitative estimate of drug-likeness (QED) is 0.483. The standard InChI is InChI=1S/2C5H10/c1-5(2)3-4-5;1-4-3-5(4)2/h3-4H2,1-2H3;4-5H,3H2,1-2H3/t;4-,5+. The molecule has 2 rings (SSSR count). The Hall–Kier alpha value is 0. The lowest BCUT2D eigenvalue weighted by Gasteiger charge is -1.86. The van der Waals surface area contributed by atoms with Crippen molar-refractivity contribution in [1.29, 1.82) is 0 Å². The second-order valence-electron chi connectivity index (χ2n) is 4.85. The largest absolute Gasteiger partial charge is 0.0622 e. The molecule has 0 radical (unpaired) electrons. The van der Waals surface area contributed by atoms with Crippen LogP contribution < -0.4 is 0 Å². The normalized spacial score (nSPS) is 39.6. The van der Waals surface area contributed by atoms with E-state index in [2.05, 4.69) is 27.7 Å². The maximum absolute atomic E-state index is 2.30. The summed E-state index contributed by atoms with van der Waals surface area (Å²) in [5.41, 5.74) is 0.750. The maximum Gasteiger partial charge on any atom is -0.0354 e. The van der Waals surface area contributed by atoms with Crippen LogP contribution in [0.3, 0.4) is 0 Å². The van der Waals surface area contributed by atoms with Crippen LogP contribution in [0.2, 0.25) is 0 Å². The van der Waals surface area contributed by atoms with Gasteiger partial charge in [-0.05, 0) is 36.5 Å². The van der Waals surface area contributed by atoms with Crippen molar-refractivity contribution in [2.45, 2.75) is 47.0 Å². The third kappa shape index (κ3) is 3.24. The van der Waals surface area contributed by atoms with E-state index in [0.29, 0.717) is 0 Å². The summed E-state index contributed by atoms with van der Waals surface area (Å²) in [6.45, 7) is 9.19. The van der Waals surface area contributed by atoms with Crippen molar-refractivity contribution in [1.82, 2.24) is 0 Å². The molecule has 0 bridgehead atoms. The average molecular weight is 140 g/mol. The molecule has 0 unspecified atom stereocenters. The molecule has 0 heteroatoms. The lowest BCUT2D eigenvalue weighted by atomic mass is 10.2. The van der Waals surface area contributed by atoms with Gasteiger partial charge in [-0.1, -0.05) is 27.7 Å². The van der Waals surface area contributed by atoms with Crippen LogP contribution >= 0.6 is 0 Å². The van der Waals surface area contributed by atoms with E-state index in [1.165, 1.54) is 19.3 Å². The van der Waals surface area contributed by atoms with Gasteiger partial charge in [-0.25, -0.2) is 0 Å². The van der Waals surface area contributed by atoms with Crippen LogP contribution in [0, 0.1) is 17.3 Å². The molecule has 0 amide bonds. The maximum atomic E-state index is 2.30. The highest BCUT2D eigenvalue weighted by atomic mass is 14.4. The lowest BCUT2D eigenvalue weighted by molar-refractivity contribution is 0.653. The molecule has 60 valence electrons. The third-order valence-electron chi connectivity index (χ3n) is 2.76. The van der Waals surface area contributed by atoms with Crippen LogP contribution in [0.15, 0.2) is 0 Å². The molecule has 10 heavy (non-hydrogen) atoms. The van der Waals surface area contributed by atoms with E-state index < -0.39 is 0 Å². The van der Waals surface area contributed by atoms with Gasteiger partial charge >= 0.3 is 0 Å². The zero-order valence-electron chi connectivity index (χ0n) is 7.78. The number of hydrogen-bond acceptors (Lipinski definition) is 0. The van der Waals surface area contributed by atoms with Gasteiger partial charge in [0.2, 0.25) is 0 Å². The van der Waals surface area contributed by atoms with E-state index in [9.17, 15) is 0 Å². The van der Waals surface area contributed by atoms with E-state index >= 15 is 0 Å². The first-order valence-corrected chi connectivity index (χ1v) is 4.51. The van der Waals surface area contributed by atoms with Crippen LogP contribution in [0.25, 0.3) is 0 Å². The summed E-state index contributed by atoms with van der Waals surface area (Å²) >= 11 is 0. The fraction of sp³-hybridized carbons (Fsp3) is 1.00. The predicted molar refractivity (Wildman–Crippen MR) is 46.0 cm³/mol. The van der Waals surface area contributed by atoms with Crippen molar-refractivity contribution >= 4 is 0 Å². The highest BCUT2D eigenvalue weighted by molar-refractivity contribution is 4.82. The van der Waals surface area contributed by atoms with Crippen molar-refractivity contribution in [2.75, 3.05) is 0 Å². The SMILES string of the molecule is CC1(C)CC1.C[C@@H]1C[C@@H]1C. The van der Waals surface area contributed by atoms with Crippen molar-refractivity contribution in [3.63, 3.8) is 0 Å². The minimum absolute atomic E-state index is 0.750. The third-order valence-corrected chi connectivity index (χ3v) is 2.76. The van der Waals surface area contributed by atoms with Gasteiger partial charge in [-0.3, -0.25) is 0 Å². The molecule has 2 atom stereocenters. The van der Waals surface area contributed by atoms with Gasteiger partial charge in [0.05, 0.1) is 0 Å². The molecule has 0 aliphatic heterocycles. The monoisotopic (exact) mass is 140 g/mol. The van der Waals surface area contributed by atoms with Gasteiger partial charge in [0.1, 0.15) is 0 Å². The fourth-order valence-corrected chi connectivity index (χ4v) is 0.758. The summed E-state index contributed by atoms with van der Waals surface area (Å²) in [6, 6.07) is 0. The van der Waals surface area contributed by atoms with Gasteiger partial charge in [-0.15, -0.1) is 0 Å². The molecule has 2 fully saturated rings. The lowest BCUT2D eigenvalue weighted by Crippen LogP contribution is -1.75. The number of hydrogen-bond donors (Lipinski definition) is 0. The molecule has 0 heterocycles. The zero-order chi connectivity index (χ0) is 7.78. The second-order valence-corrected chi connectivity index (χ2v) is 4.85. The van der Waals surface area contributed by atoms with E-state index in [0.717, 1.165) is 17.3 Å². The van der Waals surface area contributed by atoms with Crippen molar-refractivity contribution in [3.8, 4) is 0 Å². The smallest absolute Gasteiger partial charge is 0.0354 e. The summed E-state index contributed by atoms with van der Waals surface area (Å²) in [6.07, 6.45) is 4.38. The van der Waals surface area contributed by atoms with Gasteiger partial charge in [0.25, 0.3) is 0 Å². The Balaban J connectivity index is 0.0000001000. The second kappa shape index (κ2) is 2.56. The van der Waals surface area contributed by atoms with E-state index in [1.54, 1.807) is 0 Å². The molecule has 0 aromatic heterocycles. The van der Waals surface area contributed by atoms with Crippen LogP contribution in [-0.2, 0) is 0 Å². The fourth-order valence-electron chi connectivity index (χ4n) is 0.758. The molecular weight excluding hydrogens is 120 g/mol. The van der Waals surface area contributed by atoms with Crippen LogP contribution in [0.5, 0.6) is 0 Å². The predicted octanol–water partition coefficient (Wildman–Crippen LogP) is 3.47. The minimum atomic E-state index is 0.750. The van der Waals surface area contributed by atoms with E-state index in [-0.39, 0.29) is 0 Å². The van der Waals surface area contributed by atoms with Gasteiger partial charge in [0, 0.05) is 0 Å². The Morgan fingerprint density at radius 2 is 1.20 bits per heavy atom. The van der Waals surface area contributed by atoms with Crippen molar-refractivity contribution in [3.05, 3.63) is 0 Å². The van der Waals surface area contributed by atoms with Gasteiger partial charge < -0.3 is 0 Å². The van der Waals surface area contributed by atoms with E-state index in [1.807, 2.05) is 0 Å². The molecule has 2 aliphatic rings. The topological polar surface area (TPSA) is 0 Å². The Labute approximate surface area is 65.0 Å². The highest BCUT2D eigenvalue weighted by Gasteiger charge is 2.30. The van der Waals surface area contributed by atoms with Gasteiger partial charge in [0.15, 0.2) is 0 Å². The minimum Gasteiger partial charge on any atom is -0.0622 e. The Bertz CT molecular complexity index is 101. The molecule has 2 aliphatic carbocycles. The average Bonchev–Trinajstić information content (AvgIpc) is 2.60. The molecule has 0 nitrogen and oxygen atoms in total. The summed E-state index contributed by atoms with van der Waals surface area (Å²) in [5, 5.41) is 0. The molecule has 0 aromatic rings. The highest BCUT2D eigenvalue weighted by Crippen LogP contribution is 2.43. The van der Waals surface area contributed by atoms with Crippen LogP contribution in [-0.4, -0.2) is 0 Å². The summed E-state index contributed by atoms with van der Waals surface area (Å²) in [4.78, 5) is 0. The zero-order valence-corrected chi connectivity index (χ0v) is 7.78. The molecule has 0 saturated heterocycles. The molecule has 2 saturated carbocycles. The Morgan fingerprint density at radius 3 is 1.20 bits per heavy atom. The first-order chi connectivity index (χ1) is 4.51. The summed E-state index contributed by atoms with van der Waals surface area (Å²) in [7, 11) is 0. The number of rotatable bonds is 0. The molecule has 0 N–H and O–H groups in total. The molecule has 0 aromatic carbocycles. The van der Waals surface area contributed by atoms with Crippen LogP contribution in [0.1, 0.15) is 47.0 Å². The first kappa shape index (κ1) is 8.10. The summed E-state index contributed by atoms with van der Waals surface area (Å²) < 4.78 is 0. The Morgan fingerprint density at radius 1 is 1.00 bits per heavy atom. The molecular formula is C10H20. The van der Waals surface area contributed by atoms with Crippen LogP contribution in [0.4, 0.5) is 0 Å². The molecule has 0 spiro atoms. The van der Waals surface area contributed by atoms with Crippen molar-refractivity contribution < 1.29 is 0 Å². The van der Waals surface area contributed by atoms with Gasteiger partial charge in [-0.2, -0.15) is 0 Å². The van der Waals surface area contributed by atoms with Crippen molar-refractivity contribution in [2.24, 2.45) is 17.3 Å². The first-order valence-electron chi connectivity index (χ1n) is 4.51. The Kier molecular flexibility index (Phi) is 2.07.